The molecule has 0 amide bonds. The molecule has 0 saturated heterocycles. The lowest BCUT2D eigenvalue weighted by atomic mass is 10.1. The number of hydrogen-bond donors (Lipinski definition) is 0. The molecule has 160 valence electrons. The van der Waals surface area contributed by atoms with E-state index in [-0.39, 0.29) is 0 Å². The molecule has 30 heavy (non-hydrogen) atoms. The minimum atomic E-state index is -3.82. The minimum Gasteiger partial charge on any atom is -0.496 e. The van der Waals surface area contributed by atoms with E-state index in [1.54, 1.807) is 36.4 Å². The Morgan fingerprint density at radius 1 is 0.767 bits per heavy atom. The molecule has 0 spiro atoms. The number of hydrogen-bond acceptors (Lipinski definition) is 7. The van der Waals surface area contributed by atoms with Gasteiger partial charge in [0, 0.05) is 5.41 Å². The highest BCUT2D eigenvalue weighted by molar-refractivity contribution is 7.95. The number of carbonyl (C=O) groups is 1. The molecule has 0 aliphatic rings. The van der Waals surface area contributed by atoms with Crippen molar-refractivity contribution in [3.05, 3.63) is 59.0 Å². The number of benzene rings is 2. The normalized spacial score (nSPS) is 11.6. The number of carbonyl (C=O) groups excluding carboxylic acids is 1. The van der Waals surface area contributed by atoms with Gasteiger partial charge in [0.05, 0.1) is 39.6 Å². The van der Waals surface area contributed by atoms with Gasteiger partial charge in [0.1, 0.15) is 28.8 Å². The quantitative estimate of drug-likeness (QED) is 0.532. The smallest absolute Gasteiger partial charge is 0.179 e. The van der Waals surface area contributed by atoms with Crippen LogP contribution in [-0.2, 0) is 14.6 Å². The molecular formula is C22H24O7S. The van der Waals surface area contributed by atoms with Crippen LogP contribution in [0, 0.1) is 0 Å². The zero-order valence-electron chi connectivity index (χ0n) is 17.2. The lowest BCUT2D eigenvalue weighted by molar-refractivity contribution is -0.112. The lowest BCUT2D eigenvalue weighted by Crippen LogP contribution is -2.11. The maximum absolute atomic E-state index is 12.4. The Kier molecular flexibility index (Phi) is 8.06. The van der Waals surface area contributed by atoms with Crippen molar-refractivity contribution in [2.45, 2.75) is 0 Å². The average Bonchev–Trinajstić information content (AvgIpc) is 2.75. The second kappa shape index (κ2) is 10.5. The van der Waals surface area contributed by atoms with E-state index in [2.05, 4.69) is 0 Å². The van der Waals surface area contributed by atoms with E-state index in [1.165, 1.54) is 46.7 Å². The van der Waals surface area contributed by atoms with E-state index in [0.717, 1.165) is 5.41 Å². The predicted octanol–water partition coefficient (Wildman–Crippen LogP) is 3.39. The summed E-state index contributed by atoms with van der Waals surface area (Å²) in [4.78, 5) is 12.3. The summed E-state index contributed by atoms with van der Waals surface area (Å²) in [5.41, 5.74) is 1.01. The van der Waals surface area contributed by atoms with Crippen LogP contribution < -0.4 is 18.9 Å². The largest absolute Gasteiger partial charge is 0.496 e. The van der Waals surface area contributed by atoms with Gasteiger partial charge < -0.3 is 18.9 Å². The Morgan fingerprint density at radius 2 is 1.17 bits per heavy atom. The van der Waals surface area contributed by atoms with Crippen molar-refractivity contribution in [1.29, 1.82) is 0 Å². The molecule has 0 saturated carbocycles. The molecule has 0 aliphatic heterocycles. The summed E-state index contributed by atoms with van der Waals surface area (Å²) in [5.74, 6) is 0.647. The van der Waals surface area contributed by atoms with Crippen LogP contribution in [0.5, 0.6) is 23.0 Å². The molecule has 0 bridgehead atoms. The number of sulfone groups is 1. The average molecular weight is 432 g/mol. The fraction of sp³-hybridized carbons (Fsp3) is 0.227. The van der Waals surface area contributed by atoms with E-state index in [1.807, 2.05) is 0 Å². The van der Waals surface area contributed by atoms with Gasteiger partial charge in [-0.25, -0.2) is 8.42 Å². The zero-order chi connectivity index (χ0) is 22.1. The summed E-state index contributed by atoms with van der Waals surface area (Å²) in [6, 6.07) is 10.3. The number of allylic oxidation sites excluding steroid dienone is 1. The molecule has 0 aromatic heterocycles. The highest BCUT2D eigenvalue weighted by Crippen LogP contribution is 2.30. The van der Waals surface area contributed by atoms with Crippen LogP contribution in [0.4, 0.5) is 0 Å². The van der Waals surface area contributed by atoms with Gasteiger partial charge in [-0.15, -0.1) is 0 Å². The van der Waals surface area contributed by atoms with Crippen LogP contribution in [0.3, 0.4) is 0 Å². The van der Waals surface area contributed by atoms with Crippen LogP contribution in [0.2, 0.25) is 0 Å². The summed E-state index contributed by atoms with van der Waals surface area (Å²) in [6.45, 7) is 0. The number of ketones is 1. The predicted molar refractivity (Wildman–Crippen MR) is 116 cm³/mol. The summed E-state index contributed by atoms with van der Waals surface area (Å²) < 4.78 is 45.8. The third-order valence-electron chi connectivity index (χ3n) is 4.15. The molecular weight excluding hydrogens is 408 g/mol. The molecule has 0 N–H and O–H groups in total. The SMILES string of the molecule is COc1cccc(OC)c1C=CS(=O)(=O)CC(=O)/C=C\c1c(OC)cccc1OC. The van der Waals surface area contributed by atoms with Crippen LogP contribution >= 0.6 is 0 Å². The van der Waals surface area contributed by atoms with E-state index < -0.39 is 21.4 Å². The van der Waals surface area contributed by atoms with Crippen molar-refractivity contribution < 1.29 is 32.2 Å². The molecule has 0 atom stereocenters. The number of rotatable bonds is 10. The molecule has 0 aliphatic carbocycles. The summed E-state index contributed by atoms with van der Waals surface area (Å²) >= 11 is 0. The highest BCUT2D eigenvalue weighted by Gasteiger charge is 2.14. The first kappa shape index (κ1) is 23.0. The van der Waals surface area contributed by atoms with E-state index in [4.69, 9.17) is 18.9 Å². The molecule has 0 radical (unpaired) electrons. The summed E-state index contributed by atoms with van der Waals surface area (Å²) in [7, 11) is 2.12. The van der Waals surface area contributed by atoms with Crippen molar-refractivity contribution in [3.8, 4) is 23.0 Å². The zero-order valence-corrected chi connectivity index (χ0v) is 18.1. The molecule has 0 heterocycles. The van der Waals surface area contributed by atoms with Gasteiger partial charge in [-0.3, -0.25) is 4.79 Å². The minimum absolute atomic E-state index is 0.454. The molecule has 8 heteroatoms. The molecule has 7 nitrogen and oxygen atoms in total. The van der Waals surface area contributed by atoms with E-state index in [0.29, 0.717) is 34.1 Å². The summed E-state index contributed by atoms with van der Waals surface area (Å²) in [5, 5.41) is 0.975. The van der Waals surface area contributed by atoms with Crippen molar-refractivity contribution in [2.75, 3.05) is 34.2 Å². The van der Waals surface area contributed by atoms with Crippen molar-refractivity contribution in [2.24, 2.45) is 0 Å². The van der Waals surface area contributed by atoms with Gasteiger partial charge in [0.25, 0.3) is 0 Å². The van der Waals surface area contributed by atoms with Gasteiger partial charge in [0.2, 0.25) is 0 Å². The fourth-order valence-corrected chi connectivity index (χ4v) is 3.66. The Balaban J connectivity index is 2.20. The molecule has 2 aromatic carbocycles. The fourth-order valence-electron chi connectivity index (χ4n) is 2.73. The third-order valence-corrected chi connectivity index (χ3v) is 5.39. The Bertz CT molecular complexity index is 1010. The first-order valence-corrected chi connectivity index (χ1v) is 10.6. The molecule has 2 rings (SSSR count). The van der Waals surface area contributed by atoms with Crippen LogP contribution in [0.1, 0.15) is 11.1 Å². The van der Waals surface area contributed by atoms with Gasteiger partial charge in [-0.2, -0.15) is 0 Å². The van der Waals surface area contributed by atoms with E-state index in [9.17, 15) is 13.2 Å². The van der Waals surface area contributed by atoms with Crippen molar-refractivity contribution in [3.63, 3.8) is 0 Å². The maximum Gasteiger partial charge on any atom is 0.179 e. The monoisotopic (exact) mass is 432 g/mol. The van der Waals surface area contributed by atoms with Gasteiger partial charge in [-0.1, -0.05) is 12.1 Å². The topological polar surface area (TPSA) is 88.1 Å². The van der Waals surface area contributed by atoms with Crippen LogP contribution in [-0.4, -0.2) is 48.4 Å². The van der Waals surface area contributed by atoms with E-state index >= 15 is 0 Å². The Morgan fingerprint density at radius 3 is 1.57 bits per heavy atom. The number of methoxy groups -OCH3 is 4. The summed E-state index contributed by atoms with van der Waals surface area (Å²) in [6.07, 6.45) is 4.02. The van der Waals surface area contributed by atoms with Crippen LogP contribution in [0.15, 0.2) is 47.9 Å². The van der Waals surface area contributed by atoms with Gasteiger partial charge >= 0.3 is 0 Å². The molecule has 0 fully saturated rings. The second-order valence-corrected chi connectivity index (χ2v) is 7.95. The first-order chi connectivity index (χ1) is 14.3. The Hall–Kier alpha value is -3.26. The first-order valence-electron chi connectivity index (χ1n) is 8.89. The van der Waals surface area contributed by atoms with Crippen LogP contribution in [0.25, 0.3) is 12.2 Å². The maximum atomic E-state index is 12.4. The standard InChI is InChI=1S/C22H24O7S/c1-26-19-7-5-8-20(27-2)17(19)12-11-16(23)15-30(24,25)14-13-18-21(28-3)9-6-10-22(18)29-4/h5-14H,15H2,1-4H3/b12-11-,14-13?. The molecule has 2 aromatic rings. The van der Waals surface area contributed by atoms with Crippen molar-refractivity contribution in [1.82, 2.24) is 0 Å². The van der Waals surface area contributed by atoms with Crippen molar-refractivity contribution >= 4 is 27.8 Å². The molecule has 0 unspecified atom stereocenters. The third kappa shape index (κ3) is 5.87. The van der Waals surface area contributed by atoms with Gasteiger partial charge in [0.15, 0.2) is 15.6 Å². The lowest BCUT2D eigenvalue weighted by Gasteiger charge is -2.09. The van der Waals surface area contributed by atoms with Gasteiger partial charge in [-0.05, 0) is 42.5 Å². The second-order valence-electron chi connectivity index (χ2n) is 6.06. The number of ether oxygens (including phenoxy) is 4. The Labute approximate surface area is 176 Å². The highest BCUT2D eigenvalue weighted by atomic mass is 32.2.